The molecule has 1 N–H and O–H groups in total. The molecule has 0 aromatic heterocycles. The van der Waals surface area contributed by atoms with E-state index >= 15 is 0 Å². The van der Waals surface area contributed by atoms with Crippen LogP contribution in [-0.4, -0.2) is 27.1 Å². The number of sulfonamides is 1. The number of benzene rings is 2. The zero-order valence-electron chi connectivity index (χ0n) is 16.5. The number of hydrogen-bond acceptors (Lipinski definition) is 3. The second kappa shape index (κ2) is 9.04. The Kier molecular flexibility index (Phi) is 7.02. The number of nitrogens with one attached hydrogen (secondary N) is 1. The summed E-state index contributed by atoms with van der Waals surface area (Å²) in [5.74, 6) is -0.117. The number of anilines is 2. The molecular weight excluding hydrogens is 360 g/mol. The van der Waals surface area contributed by atoms with E-state index in [4.69, 9.17) is 0 Å². The molecule has 0 saturated carbocycles. The first-order valence-corrected chi connectivity index (χ1v) is 11.0. The molecule has 0 heterocycles. The van der Waals surface area contributed by atoms with Gasteiger partial charge in [-0.05, 0) is 61.6 Å². The van der Waals surface area contributed by atoms with Crippen LogP contribution in [0.3, 0.4) is 0 Å². The van der Waals surface area contributed by atoms with E-state index in [1.807, 2.05) is 56.3 Å². The first-order chi connectivity index (χ1) is 12.7. The molecule has 6 heteroatoms. The highest BCUT2D eigenvalue weighted by molar-refractivity contribution is 7.92. The molecule has 27 heavy (non-hydrogen) atoms. The SMILES string of the molecule is CCc1ccc(NC(=O)CCCN(c2cc(C)ccc2C)S(C)(=O)=O)cc1. The van der Waals surface area contributed by atoms with Crippen LogP contribution in [0.5, 0.6) is 0 Å². The van der Waals surface area contributed by atoms with Crippen LogP contribution < -0.4 is 9.62 Å². The summed E-state index contributed by atoms with van der Waals surface area (Å²) in [6.45, 7) is 6.17. The number of hydrogen-bond donors (Lipinski definition) is 1. The minimum Gasteiger partial charge on any atom is -0.326 e. The van der Waals surface area contributed by atoms with Crippen molar-refractivity contribution in [3.05, 3.63) is 59.2 Å². The van der Waals surface area contributed by atoms with Crippen molar-refractivity contribution in [3.63, 3.8) is 0 Å². The van der Waals surface area contributed by atoms with Gasteiger partial charge in [0.05, 0.1) is 11.9 Å². The molecular formula is C21H28N2O3S. The van der Waals surface area contributed by atoms with Gasteiger partial charge in [0.2, 0.25) is 15.9 Å². The van der Waals surface area contributed by atoms with Crippen LogP contribution in [0.25, 0.3) is 0 Å². The topological polar surface area (TPSA) is 66.5 Å². The lowest BCUT2D eigenvalue weighted by Crippen LogP contribution is -2.32. The van der Waals surface area contributed by atoms with E-state index in [2.05, 4.69) is 12.2 Å². The Hall–Kier alpha value is -2.34. The van der Waals surface area contributed by atoms with Gasteiger partial charge >= 0.3 is 0 Å². The molecule has 0 aliphatic heterocycles. The molecule has 2 aromatic carbocycles. The van der Waals surface area contributed by atoms with E-state index in [0.29, 0.717) is 12.1 Å². The molecule has 0 radical (unpaired) electrons. The lowest BCUT2D eigenvalue weighted by Gasteiger charge is -2.24. The van der Waals surface area contributed by atoms with Crippen LogP contribution in [0.1, 0.15) is 36.5 Å². The standard InChI is InChI=1S/C21H28N2O3S/c1-5-18-10-12-19(13-11-18)22-21(24)7-6-14-23(27(4,25)26)20-15-16(2)8-9-17(20)3/h8-13,15H,5-7,14H2,1-4H3,(H,22,24). The molecule has 0 atom stereocenters. The second-order valence-corrected chi connectivity index (χ2v) is 8.73. The van der Waals surface area contributed by atoms with Gasteiger partial charge in [0.15, 0.2) is 0 Å². The normalized spacial score (nSPS) is 11.3. The monoisotopic (exact) mass is 388 g/mol. The van der Waals surface area contributed by atoms with Gasteiger partial charge < -0.3 is 5.32 Å². The minimum atomic E-state index is -3.42. The van der Waals surface area contributed by atoms with Crippen molar-refractivity contribution in [2.24, 2.45) is 0 Å². The number of rotatable bonds is 8. The summed E-state index contributed by atoms with van der Waals surface area (Å²) < 4.78 is 25.9. The molecule has 5 nitrogen and oxygen atoms in total. The van der Waals surface area contributed by atoms with Gasteiger partial charge in [0.25, 0.3) is 0 Å². The predicted molar refractivity (Wildman–Crippen MR) is 112 cm³/mol. The summed E-state index contributed by atoms with van der Waals surface area (Å²) in [4.78, 5) is 12.2. The van der Waals surface area contributed by atoms with Gasteiger partial charge in [-0.1, -0.05) is 31.2 Å². The maximum atomic E-state index is 12.2. The zero-order valence-corrected chi connectivity index (χ0v) is 17.3. The fourth-order valence-electron chi connectivity index (χ4n) is 2.88. The number of amides is 1. The van der Waals surface area contributed by atoms with Gasteiger partial charge in [-0.3, -0.25) is 9.10 Å². The highest BCUT2D eigenvalue weighted by Crippen LogP contribution is 2.24. The number of carbonyl (C=O) groups excluding carboxylic acids is 1. The van der Waals surface area contributed by atoms with E-state index in [1.165, 1.54) is 16.1 Å². The Morgan fingerprint density at radius 3 is 2.33 bits per heavy atom. The average Bonchev–Trinajstić information content (AvgIpc) is 2.61. The van der Waals surface area contributed by atoms with Crippen molar-refractivity contribution in [3.8, 4) is 0 Å². The Labute approximate surface area is 162 Å². The summed E-state index contributed by atoms with van der Waals surface area (Å²) in [6, 6.07) is 13.5. The minimum absolute atomic E-state index is 0.117. The lowest BCUT2D eigenvalue weighted by molar-refractivity contribution is -0.116. The Balaban J connectivity index is 1.99. The molecule has 2 rings (SSSR count). The molecule has 146 valence electrons. The third-order valence-electron chi connectivity index (χ3n) is 4.44. The van der Waals surface area contributed by atoms with Crippen LogP contribution in [0.4, 0.5) is 11.4 Å². The van der Waals surface area contributed by atoms with Crippen molar-refractivity contribution in [2.45, 2.75) is 40.0 Å². The lowest BCUT2D eigenvalue weighted by atomic mass is 10.1. The molecule has 0 unspecified atom stereocenters. The number of nitrogens with zero attached hydrogens (tertiary/aromatic N) is 1. The zero-order chi connectivity index (χ0) is 20.0. The summed E-state index contributed by atoms with van der Waals surface area (Å²) in [5.41, 5.74) is 4.54. The van der Waals surface area contributed by atoms with E-state index in [1.54, 1.807) is 0 Å². The number of carbonyl (C=O) groups is 1. The fourth-order valence-corrected chi connectivity index (χ4v) is 3.90. The molecule has 1 amide bonds. The van der Waals surface area contributed by atoms with Crippen molar-refractivity contribution in [1.29, 1.82) is 0 Å². The second-order valence-electron chi connectivity index (χ2n) is 6.83. The van der Waals surface area contributed by atoms with Gasteiger partial charge in [-0.15, -0.1) is 0 Å². The van der Waals surface area contributed by atoms with Crippen LogP contribution in [0, 0.1) is 13.8 Å². The van der Waals surface area contributed by atoms with Crippen LogP contribution in [-0.2, 0) is 21.2 Å². The summed E-state index contributed by atoms with van der Waals surface area (Å²) in [5, 5.41) is 2.86. The maximum Gasteiger partial charge on any atom is 0.232 e. The highest BCUT2D eigenvalue weighted by Gasteiger charge is 2.19. The smallest absolute Gasteiger partial charge is 0.232 e. The average molecular weight is 389 g/mol. The number of aryl methyl sites for hydroxylation is 3. The Morgan fingerprint density at radius 2 is 1.74 bits per heavy atom. The van der Waals surface area contributed by atoms with Gasteiger partial charge in [-0.2, -0.15) is 0 Å². The van der Waals surface area contributed by atoms with E-state index in [9.17, 15) is 13.2 Å². The van der Waals surface area contributed by atoms with E-state index in [0.717, 1.165) is 23.2 Å². The fraction of sp³-hybridized carbons (Fsp3) is 0.381. The Bertz CT molecular complexity index is 890. The third-order valence-corrected chi connectivity index (χ3v) is 5.62. The predicted octanol–water partition coefficient (Wildman–Crippen LogP) is 4.05. The van der Waals surface area contributed by atoms with Gasteiger partial charge in [0.1, 0.15) is 0 Å². The van der Waals surface area contributed by atoms with Crippen molar-refractivity contribution >= 4 is 27.3 Å². The molecule has 0 bridgehead atoms. The molecule has 0 aliphatic rings. The Morgan fingerprint density at radius 1 is 1.07 bits per heavy atom. The summed E-state index contributed by atoms with van der Waals surface area (Å²) in [7, 11) is -3.42. The maximum absolute atomic E-state index is 12.2. The van der Waals surface area contributed by atoms with Crippen molar-refractivity contribution < 1.29 is 13.2 Å². The quantitative estimate of drug-likeness (QED) is 0.742. The summed E-state index contributed by atoms with van der Waals surface area (Å²) >= 11 is 0. The molecule has 0 spiro atoms. The molecule has 2 aromatic rings. The van der Waals surface area contributed by atoms with E-state index in [-0.39, 0.29) is 18.9 Å². The summed E-state index contributed by atoms with van der Waals surface area (Å²) in [6.07, 6.45) is 2.85. The van der Waals surface area contributed by atoms with Crippen molar-refractivity contribution in [2.75, 3.05) is 22.4 Å². The first-order valence-electron chi connectivity index (χ1n) is 9.14. The highest BCUT2D eigenvalue weighted by atomic mass is 32.2. The van der Waals surface area contributed by atoms with Crippen LogP contribution in [0.15, 0.2) is 42.5 Å². The molecule has 0 saturated heterocycles. The van der Waals surface area contributed by atoms with Crippen molar-refractivity contribution in [1.82, 2.24) is 0 Å². The molecule has 0 aliphatic carbocycles. The first kappa shape index (κ1) is 21.0. The van der Waals surface area contributed by atoms with Gasteiger partial charge in [-0.25, -0.2) is 8.42 Å². The molecule has 0 fully saturated rings. The largest absolute Gasteiger partial charge is 0.326 e. The van der Waals surface area contributed by atoms with Gasteiger partial charge in [0, 0.05) is 18.7 Å². The van der Waals surface area contributed by atoms with Crippen LogP contribution >= 0.6 is 0 Å². The van der Waals surface area contributed by atoms with Crippen LogP contribution in [0.2, 0.25) is 0 Å². The third kappa shape index (κ3) is 6.10. The van der Waals surface area contributed by atoms with E-state index < -0.39 is 10.0 Å².